The molecule has 8 N–H and O–H groups in total. The molecule has 2 amide bonds. The molecule has 15 nitrogen and oxygen atoms in total. The predicted octanol–water partition coefficient (Wildman–Crippen LogP) is 7.10. The molecule has 2 aromatic carbocycles. The van der Waals surface area contributed by atoms with Crippen LogP contribution in [0.15, 0.2) is 48.5 Å². The third-order valence-electron chi connectivity index (χ3n) is 7.12. The number of H-pyrrole nitrogens is 2. The molecule has 51 heavy (non-hydrogen) atoms. The van der Waals surface area contributed by atoms with Gasteiger partial charge in [0.25, 0.3) is 5.69 Å². The lowest BCUT2D eigenvalue weighted by atomic mass is 9.89. The maximum Gasteiger partial charge on any atom is 0.407 e. The van der Waals surface area contributed by atoms with Crippen LogP contribution in [0.1, 0.15) is 88.1 Å². The van der Waals surface area contributed by atoms with E-state index in [1.54, 1.807) is 6.07 Å². The Labute approximate surface area is 299 Å². The molecule has 0 saturated carbocycles. The number of anilines is 1. The van der Waals surface area contributed by atoms with Gasteiger partial charge in [0.1, 0.15) is 11.2 Å². The summed E-state index contributed by atoms with van der Waals surface area (Å²) in [6.07, 6.45) is -0.872. The number of nitrogens with one attached hydrogen (secondary N) is 4. The van der Waals surface area contributed by atoms with Crippen LogP contribution >= 0.6 is 0 Å². The lowest BCUT2D eigenvalue weighted by Crippen LogP contribution is -2.39. The summed E-state index contributed by atoms with van der Waals surface area (Å²) >= 11 is 0. The zero-order valence-corrected chi connectivity index (χ0v) is 30.5. The molecule has 0 aliphatic heterocycles. The van der Waals surface area contributed by atoms with E-state index in [1.807, 2.05) is 79.7 Å². The topological polar surface area (TPSA) is 230 Å². The highest BCUT2D eigenvalue weighted by Crippen LogP contribution is 2.29. The molecule has 4 rings (SSSR count). The number of nitro benzene ring substituents is 1. The summed E-state index contributed by atoms with van der Waals surface area (Å²) in [6, 6.07) is 14.4. The summed E-state index contributed by atoms with van der Waals surface area (Å²) in [4.78, 5) is 52.9. The summed E-state index contributed by atoms with van der Waals surface area (Å²) in [5.74, 6) is 4.16. The minimum Gasteiger partial charge on any atom is -0.444 e. The first-order chi connectivity index (χ1) is 23.0. The first-order valence-corrected chi connectivity index (χ1v) is 15.9. The van der Waals surface area contributed by atoms with Gasteiger partial charge >= 0.3 is 18.7 Å². The SMILES string of the molecule is C.CC(C)(C)OC(=O)NCC(C)(C)c1cc2cc(N)ccc2[nH]1.CC(C)(C)OC(=O)NCC(C)(C)c1cc2cc([N+](=O)[O-])ccc2[nH]1.NOC=O. The van der Waals surface area contributed by atoms with Crippen LogP contribution in [0.25, 0.3) is 21.8 Å². The number of aromatic amines is 2. The van der Waals surface area contributed by atoms with Gasteiger partial charge in [-0.3, -0.25) is 14.9 Å². The third kappa shape index (κ3) is 14.2. The Morgan fingerprint density at radius 2 is 1.16 bits per heavy atom. The fourth-order valence-corrected chi connectivity index (χ4v) is 4.52. The van der Waals surface area contributed by atoms with Gasteiger partial charge in [-0.1, -0.05) is 35.1 Å². The summed E-state index contributed by atoms with van der Waals surface area (Å²) in [6.45, 7) is 20.1. The Bertz CT molecular complexity index is 1780. The van der Waals surface area contributed by atoms with E-state index >= 15 is 0 Å². The number of rotatable bonds is 8. The largest absolute Gasteiger partial charge is 0.444 e. The van der Waals surface area contributed by atoms with Gasteiger partial charge in [0.15, 0.2) is 0 Å². The van der Waals surface area contributed by atoms with E-state index in [1.165, 1.54) is 12.1 Å². The van der Waals surface area contributed by atoms with Crippen molar-refractivity contribution in [1.82, 2.24) is 20.6 Å². The third-order valence-corrected chi connectivity index (χ3v) is 7.12. The average molecular weight is 714 g/mol. The Hall–Kier alpha value is -5.31. The molecule has 0 atom stereocenters. The van der Waals surface area contributed by atoms with E-state index in [9.17, 15) is 19.7 Å². The van der Waals surface area contributed by atoms with Crippen LogP contribution in [0.3, 0.4) is 0 Å². The van der Waals surface area contributed by atoms with E-state index in [0.29, 0.717) is 13.1 Å². The maximum absolute atomic E-state index is 11.8. The zero-order chi connectivity index (χ0) is 38.1. The van der Waals surface area contributed by atoms with Crippen LogP contribution in [0.5, 0.6) is 0 Å². The van der Waals surface area contributed by atoms with Crippen LogP contribution in [0.2, 0.25) is 0 Å². The highest BCUT2D eigenvalue weighted by Gasteiger charge is 2.27. The van der Waals surface area contributed by atoms with Crippen molar-refractivity contribution in [3.63, 3.8) is 0 Å². The Morgan fingerprint density at radius 3 is 1.53 bits per heavy atom. The Balaban J connectivity index is 0.000000455. The molecule has 0 radical (unpaired) electrons. The van der Waals surface area contributed by atoms with Crippen molar-refractivity contribution < 1.29 is 33.6 Å². The normalized spacial score (nSPS) is 11.5. The van der Waals surface area contributed by atoms with Gasteiger partial charge in [-0.25, -0.2) is 9.59 Å². The second-order valence-electron chi connectivity index (χ2n) is 15.0. The number of nitrogens with zero attached hydrogens (tertiary/aromatic N) is 1. The van der Waals surface area contributed by atoms with Gasteiger partial charge in [-0.05, 0) is 77.9 Å². The van der Waals surface area contributed by atoms with Gasteiger partial charge < -0.3 is 40.6 Å². The highest BCUT2D eigenvalue weighted by molar-refractivity contribution is 5.84. The molecule has 0 saturated heterocycles. The van der Waals surface area contributed by atoms with Gasteiger partial charge in [0.05, 0.1) is 4.92 Å². The number of carbonyl (C=O) groups is 3. The Morgan fingerprint density at radius 1 is 0.765 bits per heavy atom. The van der Waals surface area contributed by atoms with E-state index < -0.39 is 28.3 Å². The lowest BCUT2D eigenvalue weighted by Gasteiger charge is -2.25. The molecule has 282 valence electrons. The molecule has 2 aromatic heterocycles. The monoisotopic (exact) mass is 713 g/mol. The minimum absolute atomic E-state index is 0. The second-order valence-corrected chi connectivity index (χ2v) is 15.0. The van der Waals surface area contributed by atoms with Crippen molar-refractivity contribution in [2.24, 2.45) is 5.90 Å². The number of amides is 2. The average Bonchev–Trinajstić information content (AvgIpc) is 3.63. The van der Waals surface area contributed by atoms with Crippen LogP contribution in [0.4, 0.5) is 21.0 Å². The second kappa shape index (κ2) is 17.6. The first kappa shape index (κ1) is 43.7. The molecule has 0 aliphatic carbocycles. The van der Waals surface area contributed by atoms with E-state index in [2.05, 4.69) is 51.2 Å². The molecule has 15 heteroatoms. The summed E-state index contributed by atoms with van der Waals surface area (Å²) in [5.41, 5.74) is 8.72. The first-order valence-electron chi connectivity index (χ1n) is 15.9. The maximum atomic E-state index is 11.8. The van der Waals surface area contributed by atoms with Gasteiger partial charge in [0, 0.05) is 74.9 Å². The molecular formula is C36H55N7O8. The van der Waals surface area contributed by atoms with Gasteiger partial charge in [-0.2, -0.15) is 5.90 Å². The Kier molecular flexibility index (Phi) is 15.1. The van der Waals surface area contributed by atoms with Gasteiger partial charge in [-0.15, -0.1) is 0 Å². The smallest absolute Gasteiger partial charge is 0.407 e. The molecule has 0 unspecified atom stereocenters. The van der Waals surface area contributed by atoms with Crippen LogP contribution in [-0.2, 0) is 29.9 Å². The number of benzene rings is 2. The highest BCUT2D eigenvalue weighted by atomic mass is 16.6. The fourth-order valence-electron chi connectivity index (χ4n) is 4.52. The number of hydrogen-bond acceptors (Lipinski definition) is 10. The fraction of sp³-hybridized carbons (Fsp3) is 0.472. The molecule has 0 aliphatic rings. The molecule has 0 bridgehead atoms. The molecule has 2 heterocycles. The number of nitrogen functional groups attached to an aromatic ring is 1. The number of non-ortho nitro benzene ring substituents is 1. The number of fused-ring (bicyclic) bond motifs is 2. The number of alkyl carbamates (subject to hydrolysis) is 2. The van der Waals surface area contributed by atoms with E-state index in [4.69, 9.17) is 20.0 Å². The van der Waals surface area contributed by atoms with Crippen molar-refractivity contribution in [2.45, 2.75) is 98.7 Å². The van der Waals surface area contributed by atoms with Crippen molar-refractivity contribution in [2.75, 3.05) is 18.8 Å². The standard InChI is InChI=1S/C17H23N3O4.C17H25N3O2.CH3NO2.CH4/c1-16(2,3)24-15(21)18-10-17(4,5)14-9-11-8-12(20(22)23)6-7-13(11)19-14;1-16(2,3)22-15(21)19-10-17(4,5)14-9-11-8-12(18)6-7-13(11)20-14;2-4-1-3;/h6-9,19H,10H2,1-5H3,(H,18,21);6-9,20H,10,18H2,1-5H3,(H,19,21);1H,2H2;1H4. The van der Waals surface area contributed by atoms with Crippen molar-refractivity contribution in [3.8, 4) is 0 Å². The van der Waals surface area contributed by atoms with Gasteiger partial charge in [0.2, 0.25) is 0 Å². The zero-order valence-electron chi connectivity index (χ0n) is 30.5. The van der Waals surface area contributed by atoms with Crippen LogP contribution in [-0.4, -0.2) is 57.8 Å². The van der Waals surface area contributed by atoms with Crippen LogP contribution in [0, 0.1) is 10.1 Å². The molecular weight excluding hydrogens is 658 g/mol. The minimum atomic E-state index is -0.547. The quantitative estimate of drug-likeness (QED) is 0.0469. The molecule has 0 fully saturated rings. The number of nitro groups is 1. The van der Waals surface area contributed by atoms with Crippen molar-refractivity contribution >= 4 is 51.8 Å². The molecule has 4 aromatic rings. The number of ether oxygens (including phenoxy) is 2. The number of nitrogens with two attached hydrogens (primary N) is 2. The van der Waals surface area contributed by atoms with E-state index in [-0.39, 0.29) is 30.4 Å². The predicted molar refractivity (Wildman–Crippen MR) is 200 cm³/mol. The lowest BCUT2D eigenvalue weighted by molar-refractivity contribution is -0.384. The van der Waals surface area contributed by atoms with E-state index in [0.717, 1.165) is 38.9 Å². The number of hydrogen-bond donors (Lipinski definition) is 6. The number of aromatic nitrogens is 2. The molecule has 0 spiro atoms. The van der Waals surface area contributed by atoms with Crippen molar-refractivity contribution in [3.05, 3.63) is 70.0 Å². The summed E-state index contributed by atoms with van der Waals surface area (Å²) in [7, 11) is 0. The summed E-state index contributed by atoms with van der Waals surface area (Å²) in [5, 5.41) is 18.3. The van der Waals surface area contributed by atoms with Crippen molar-refractivity contribution in [1.29, 1.82) is 0 Å². The number of carbonyl (C=O) groups excluding carboxylic acids is 3. The van der Waals surface area contributed by atoms with Crippen LogP contribution < -0.4 is 22.3 Å². The summed E-state index contributed by atoms with van der Waals surface area (Å²) < 4.78 is 10.5.